The normalized spacial score (nSPS) is 17.9. The van der Waals surface area contributed by atoms with E-state index in [0.29, 0.717) is 11.5 Å². The van der Waals surface area contributed by atoms with E-state index in [2.05, 4.69) is 16.4 Å². The van der Waals surface area contributed by atoms with E-state index in [1.165, 1.54) is 4.90 Å². The largest absolute Gasteiger partial charge is 0.361 e. The molecule has 1 fully saturated rings. The summed E-state index contributed by atoms with van der Waals surface area (Å²) < 4.78 is 0. The lowest BCUT2D eigenvalue weighted by Gasteiger charge is -2.07. The molecule has 1 aliphatic heterocycles. The predicted octanol–water partition coefficient (Wildman–Crippen LogP) is 2.94. The van der Waals surface area contributed by atoms with E-state index in [1.54, 1.807) is 7.05 Å². The van der Waals surface area contributed by atoms with Gasteiger partial charge in [0.25, 0.3) is 5.91 Å². The minimum atomic E-state index is -0.248. The number of hydrogen-bond donors (Lipinski definition) is 2. The van der Waals surface area contributed by atoms with Crippen LogP contribution in [0, 0.1) is 0 Å². The average Bonchev–Trinajstić information content (AvgIpc) is 2.99. The highest BCUT2D eigenvalue weighted by Gasteiger charge is 2.32. The molecule has 0 radical (unpaired) electrons. The molecule has 2 N–H and O–H groups in total. The average molecular weight is 293 g/mol. The lowest BCUT2D eigenvalue weighted by Crippen LogP contribution is -2.31. The second-order valence-corrected chi connectivity index (χ2v) is 4.85. The van der Waals surface area contributed by atoms with Crippen LogP contribution in [-0.2, 0) is 11.2 Å². The summed E-state index contributed by atoms with van der Waals surface area (Å²) in [6, 6.07) is 7.83. The van der Waals surface area contributed by atoms with Crippen molar-refractivity contribution in [2.24, 2.45) is 0 Å². The first kappa shape index (κ1) is 14.5. The van der Waals surface area contributed by atoms with Crippen molar-refractivity contribution in [1.29, 1.82) is 0 Å². The summed E-state index contributed by atoms with van der Waals surface area (Å²) >= 11 is 5.07. The van der Waals surface area contributed by atoms with Gasteiger partial charge in [-0.15, -0.1) is 0 Å². The number of aromatic nitrogens is 1. The number of carbonyl (C=O) groups is 1. The zero-order valence-electron chi connectivity index (χ0n) is 11.9. The van der Waals surface area contributed by atoms with Gasteiger partial charge in [-0.3, -0.25) is 9.69 Å². The summed E-state index contributed by atoms with van der Waals surface area (Å²) in [5.41, 5.74) is 2.23. The Kier molecular flexibility index (Phi) is 4.39. The molecule has 5 heteroatoms. The van der Waals surface area contributed by atoms with Gasteiger partial charge in [0.15, 0.2) is 5.11 Å². The third-order valence-corrected chi connectivity index (χ3v) is 3.72. The molecule has 2 heterocycles. The van der Waals surface area contributed by atoms with Crippen molar-refractivity contribution in [2.75, 3.05) is 7.05 Å². The summed E-state index contributed by atoms with van der Waals surface area (Å²) in [4.78, 5) is 16.7. The Morgan fingerprint density at radius 3 is 2.70 bits per heavy atom. The van der Waals surface area contributed by atoms with Gasteiger partial charge < -0.3 is 10.3 Å². The first-order valence-electron chi connectivity index (χ1n) is 6.80. The van der Waals surface area contributed by atoms with Crippen molar-refractivity contribution in [1.82, 2.24) is 15.2 Å². The van der Waals surface area contributed by atoms with Gasteiger partial charge in [-0.1, -0.05) is 32.0 Å². The van der Waals surface area contributed by atoms with E-state index in [9.17, 15) is 4.79 Å². The highest BCUT2D eigenvalue weighted by atomic mass is 32.1. The number of nitrogens with one attached hydrogen (secondary N) is 2. The number of hydrogen-bond acceptors (Lipinski definition) is 2. The summed E-state index contributed by atoms with van der Waals surface area (Å²) in [6.45, 7) is 4.00. The zero-order valence-corrected chi connectivity index (χ0v) is 12.8. The fourth-order valence-corrected chi connectivity index (χ4v) is 2.53. The number of amides is 1. The Bertz CT molecular complexity index is 645. The lowest BCUT2D eigenvalue weighted by atomic mass is 10.1. The van der Waals surface area contributed by atoms with E-state index in [4.69, 9.17) is 12.2 Å². The molecule has 1 amide bonds. The van der Waals surface area contributed by atoms with Crippen molar-refractivity contribution < 1.29 is 7.65 Å². The zero-order chi connectivity index (χ0) is 14.7. The van der Waals surface area contributed by atoms with Crippen LogP contribution in [0.2, 0.25) is 0 Å². The number of aromatic amines is 1. The Morgan fingerprint density at radius 2 is 2.05 bits per heavy atom. The Hall–Kier alpha value is -1.88. The molecule has 1 aromatic carbocycles. The van der Waals surface area contributed by atoms with Crippen LogP contribution in [0.1, 0.15) is 22.3 Å². The van der Waals surface area contributed by atoms with Crippen molar-refractivity contribution in [3.05, 3.63) is 36.0 Å². The van der Waals surface area contributed by atoms with Gasteiger partial charge in [0.2, 0.25) is 0 Å². The van der Waals surface area contributed by atoms with Crippen LogP contribution in [0.3, 0.4) is 0 Å². The Balaban J connectivity index is 0.00000106. The smallest absolute Gasteiger partial charge is 0.251 e. The van der Waals surface area contributed by atoms with E-state index >= 15 is 0 Å². The van der Waals surface area contributed by atoms with Gasteiger partial charge in [-0.2, -0.15) is 0 Å². The third kappa shape index (κ3) is 2.54. The number of thiocarbonyl (C=S) groups is 1. The van der Waals surface area contributed by atoms with E-state index in [1.807, 2.05) is 38.2 Å². The second kappa shape index (κ2) is 6.05. The molecule has 1 aromatic heterocycles. The van der Waals surface area contributed by atoms with Crippen LogP contribution in [0.5, 0.6) is 0 Å². The van der Waals surface area contributed by atoms with Gasteiger partial charge >= 0.3 is 0 Å². The molecular formula is C15H23N3OS. The minimum Gasteiger partial charge on any atom is -0.361 e. The summed E-state index contributed by atoms with van der Waals surface area (Å²) in [5, 5.41) is 4.71. The fourth-order valence-electron chi connectivity index (χ4n) is 2.30. The standard InChI is InChI=1S/C13H13N3OS.C2H6.2H2/c1-16-12(17)11(15-13(16)18)6-8-7-14-10-5-3-2-4-9(8)10;1-2;;/h2-5,7,11,14H,6H2,1H3,(H,15,18);1-2H3;2*1H. The van der Waals surface area contributed by atoms with Crippen LogP contribution >= 0.6 is 12.2 Å². The molecule has 3 rings (SSSR count). The van der Waals surface area contributed by atoms with Crippen molar-refractivity contribution in [2.45, 2.75) is 26.3 Å². The SMILES string of the molecule is CC.CN1C(=O)C(Cc2c[nH]c3ccccc23)NC1=S.[HH].[HH]. The number of nitrogens with zero attached hydrogens (tertiary/aromatic N) is 1. The first-order valence-corrected chi connectivity index (χ1v) is 7.20. The van der Waals surface area contributed by atoms with Gasteiger partial charge in [0.05, 0.1) is 0 Å². The van der Waals surface area contributed by atoms with Crippen LogP contribution in [0.15, 0.2) is 30.5 Å². The number of rotatable bonds is 2. The molecule has 0 bridgehead atoms. The summed E-state index contributed by atoms with van der Waals surface area (Å²) in [7, 11) is 1.70. The topological polar surface area (TPSA) is 48.1 Å². The summed E-state index contributed by atoms with van der Waals surface area (Å²) in [5.74, 6) is 0.0327. The molecular weight excluding hydrogens is 270 g/mol. The van der Waals surface area contributed by atoms with E-state index in [-0.39, 0.29) is 14.8 Å². The molecule has 2 aromatic rings. The molecule has 20 heavy (non-hydrogen) atoms. The molecule has 1 aliphatic rings. The van der Waals surface area contributed by atoms with Crippen LogP contribution in [0.4, 0.5) is 0 Å². The molecule has 1 atom stereocenters. The highest BCUT2D eigenvalue weighted by molar-refractivity contribution is 7.80. The molecule has 1 saturated heterocycles. The van der Waals surface area contributed by atoms with E-state index in [0.717, 1.165) is 16.5 Å². The van der Waals surface area contributed by atoms with Gasteiger partial charge in [0, 0.05) is 33.4 Å². The number of carbonyl (C=O) groups excluding carboxylic acids is 1. The number of fused-ring (bicyclic) bond motifs is 1. The summed E-state index contributed by atoms with van der Waals surface area (Å²) in [6.07, 6.45) is 2.61. The van der Waals surface area contributed by atoms with Crippen molar-refractivity contribution >= 4 is 34.1 Å². The molecule has 0 spiro atoms. The predicted molar refractivity (Wildman–Crippen MR) is 89.9 cm³/mol. The van der Waals surface area contributed by atoms with Crippen LogP contribution in [0.25, 0.3) is 10.9 Å². The first-order chi connectivity index (χ1) is 9.66. The Labute approximate surface area is 127 Å². The molecule has 0 saturated carbocycles. The molecule has 4 nitrogen and oxygen atoms in total. The number of para-hydroxylation sites is 1. The Morgan fingerprint density at radius 1 is 1.35 bits per heavy atom. The number of benzene rings is 1. The number of likely N-dealkylation sites (N-methyl/N-ethyl adjacent to an activating group) is 1. The van der Waals surface area contributed by atoms with Crippen LogP contribution in [-0.4, -0.2) is 34.0 Å². The monoisotopic (exact) mass is 293 g/mol. The second-order valence-electron chi connectivity index (χ2n) is 4.46. The minimum absolute atomic E-state index is 0. The third-order valence-electron chi connectivity index (χ3n) is 3.33. The maximum Gasteiger partial charge on any atom is 0.251 e. The molecule has 1 unspecified atom stereocenters. The van der Waals surface area contributed by atoms with Crippen LogP contribution < -0.4 is 5.32 Å². The lowest BCUT2D eigenvalue weighted by molar-refractivity contribution is -0.126. The quantitative estimate of drug-likeness (QED) is 0.837. The van der Waals surface area contributed by atoms with Gasteiger partial charge in [-0.25, -0.2) is 0 Å². The van der Waals surface area contributed by atoms with E-state index < -0.39 is 0 Å². The molecule has 110 valence electrons. The highest BCUT2D eigenvalue weighted by Crippen LogP contribution is 2.20. The fraction of sp³-hybridized carbons (Fsp3) is 0.333. The maximum atomic E-state index is 11.9. The van der Waals surface area contributed by atoms with Gasteiger partial charge in [0.1, 0.15) is 6.04 Å². The maximum absolute atomic E-state index is 11.9. The van der Waals surface area contributed by atoms with Crippen molar-refractivity contribution in [3.8, 4) is 0 Å². The number of H-pyrrole nitrogens is 1. The molecule has 0 aliphatic carbocycles. The van der Waals surface area contributed by atoms with Gasteiger partial charge in [-0.05, 0) is 23.8 Å². The van der Waals surface area contributed by atoms with Crippen molar-refractivity contribution in [3.63, 3.8) is 0 Å².